The van der Waals surface area contributed by atoms with Crippen molar-refractivity contribution < 1.29 is 4.79 Å². The van der Waals surface area contributed by atoms with Gasteiger partial charge in [0.05, 0.1) is 6.04 Å². The molecule has 0 saturated heterocycles. The molecule has 4 heteroatoms. The summed E-state index contributed by atoms with van der Waals surface area (Å²) in [5, 5.41) is 2.95. The Kier molecular flexibility index (Phi) is 3.33. The van der Waals surface area contributed by atoms with Gasteiger partial charge >= 0.3 is 0 Å². The van der Waals surface area contributed by atoms with Gasteiger partial charge in [0.25, 0.3) is 0 Å². The maximum Gasteiger partial charge on any atom is 0.242 e. The van der Waals surface area contributed by atoms with Crippen molar-refractivity contribution in [3.63, 3.8) is 0 Å². The average molecular weight is 233 g/mol. The van der Waals surface area contributed by atoms with Gasteiger partial charge in [-0.2, -0.15) is 0 Å². The number of nitrogens with zero attached hydrogens (tertiary/aromatic N) is 1. The minimum Gasteiger partial charge on any atom is -0.399 e. The molecule has 1 amide bonds. The maximum absolute atomic E-state index is 12.0. The number of nitrogens with one attached hydrogen (secondary N) is 1. The van der Waals surface area contributed by atoms with Crippen LogP contribution in [-0.4, -0.2) is 29.9 Å². The van der Waals surface area contributed by atoms with Crippen LogP contribution in [0, 0.1) is 0 Å². The van der Waals surface area contributed by atoms with Crippen molar-refractivity contribution in [3.05, 3.63) is 23.8 Å². The third-order valence-electron chi connectivity index (χ3n) is 3.36. The van der Waals surface area contributed by atoms with E-state index in [-0.39, 0.29) is 11.9 Å². The van der Waals surface area contributed by atoms with Gasteiger partial charge in [0.15, 0.2) is 0 Å². The predicted octanol–water partition coefficient (Wildman–Crippen LogP) is 1.47. The van der Waals surface area contributed by atoms with E-state index in [4.69, 9.17) is 5.73 Å². The first-order chi connectivity index (χ1) is 8.15. The molecule has 1 aliphatic heterocycles. The summed E-state index contributed by atoms with van der Waals surface area (Å²) in [7, 11) is 0. The maximum atomic E-state index is 12.0. The smallest absolute Gasteiger partial charge is 0.242 e. The summed E-state index contributed by atoms with van der Waals surface area (Å²) < 4.78 is 0. The number of rotatable bonds is 3. The van der Waals surface area contributed by atoms with E-state index in [0.29, 0.717) is 0 Å². The Hall–Kier alpha value is -1.55. The number of hydrogen-bond acceptors (Lipinski definition) is 3. The summed E-state index contributed by atoms with van der Waals surface area (Å²) in [6, 6.07) is 5.57. The van der Waals surface area contributed by atoms with Gasteiger partial charge in [-0.15, -0.1) is 0 Å². The molecule has 0 aliphatic carbocycles. The van der Waals surface area contributed by atoms with Gasteiger partial charge in [-0.1, -0.05) is 13.8 Å². The van der Waals surface area contributed by atoms with Crippen molar-refractivity contribution in [1.29, 1.82) is 0 Å². The fraction of sp³-hybridized carbons (Fsp3) is 0.462. The summed E-state index contributed by atoms with van der Waals surface area (Å²) >= 11 is 0. The van der Waals surface area contributed by atoms with Gasteiger partial charge in [0.2, 0.25) is 5.91 Å². The standard InChI is InChI=1S/C13H19N3O/c1-3-16(4-2)12-8-9-7-10(14)5-6-11(9)15-13(12)17/h5-7,12H,3-4,8,14H2,1-2H3,(H,15,17). The summed E-state index contributed by atoms with van der Waals surface area (Å²) in [6.45, 7) is 5.91. The zero-order chi connectivity index (χ0) is 12.4. The van der Waals surface area contributed by atoms with Crippen LogP contribution in [0.4, 0.5) is 11.4 Å². The van der Waals surface area contributed by atoms with Crippen molar-refractivity contribution in [2.45, 2.75) is 26.3 Å². The number of hydrogen-bond donors (Lipinski definition) is 2. The number of carbonyl (C=O) groups excluding carboxylic acids is 1. The Morgan fingerprint density at radius 3 is 2.76 bits per heavy atom. The van der Waals surface area contributed by atoms with E-state index >= 15 is 0 Å². The second kappa shape index (κ2) is 4.75. The average Bonchev–Trinajstić information content (AvgIpc) is 2.32. The monoisotopic (exact) mass is 233 g/mol. The molecule has 0 aromatic heterocycles. The fourth-order valence-electron chi connectivity index (χ4n) is 2.38. The Bertz CT molecular complexity index is 427. The van der Waals surface area contributed by atoms with E-state index < -0.39 is 0 Å². The van der Waals surface area contributed by atoms with Crippen LogP contribution in [0.25, 0.3) is 0 Å². The highest BCUT2D eigenvalue weighted by Crippen LogP contribution is 2.26. The molecule has 0 fully saturated rings. The summed E-state index contributed by atoms with van der Waals surface area (Å²) in [6.07, 6.45) is 0.744. The molecule has 1 aromatic carbocycles. The van der Waals surface area contributed by atoms with E-state index in [1.165, 1.54) is 0 Å². The van der Waals surface area contributed by atoms with Crippen LogP contribution in [0.2, 0.25) is 0 Å². The molecule has 1 aromatic rings. The lowest BCUT2D eigenvalue weighted by Gasteiger charge is -2.32. The number of likely N-dealkylation sites (N-methyl/N-ethyl adjacent to an activating group) is 1. The number of benzene rings is 1. The SMILES string of the molecule is CCN(CC)C1Cc2cc(N)ccc2NC1=O. The molecule has 1 unspecified atom stereocenters. The van der Waals surface area contributed by atoms with E-state index in [0.717, 1.165) is 36.4 Å². The first-order valence-electron chi connectivity index (χ1n) is 6.09. The van der Waals surface area contributed by atoms with Crippen LogP contribution in [0.3, 0.4) is 0 Å². The van der Waals surface area contributed by atoms with Crippen molar-refractivity contribution in [2.75, 3.05) is 24.1 Å². The molecular weight excluding hydrogens is 214 g/mol. The molecule has 1 aliphatic rings. The normalized spacial score (nSPS) is 19.0. The van der Waals surface area contributed by atoms with Crippen LogP contribution < -0.4 is 11.1 Å². The van der Waals surface area contributed by atoms with Gasteiger partial charge in [0.1, 0.15) is 0 Å². The Morgan fingerprint density at radius 2 is 2.12 bits per heavy atom. The van der Waals surface area contributed by atoms with Crippen LogP contribution in [-0.2, 0) is 11.2 Å². The molecule has 92 valence electrons. The predicted molar refractivity (Wildman–Crippen MR) is 69.9 cm³/mol. The van der Waals surface area contributed by atoms with Crippen LogP contribution >= 0.6 is 0 Å². The van der Waals surface area contributed by atoms with Crippen LogP contribution in [0.5, 0.6) is 0 Å². The third kappa shape index (κ3) is 2.26. The quantitative estimate of drug-likeness (QED) is 0.777. The number of fused-ring (bicyclic) bond motifs is 1. The Balaban J connectivity index is 2.28. The Morgan fingerprint density at radius 1 is 1.41 bits per heavy atom. The molecule has 1 heterocycles. The number of carbonyl (C=O) groups is 1. The van der Waals surface area contributed by atoms with E-state index in [2.05, 4.69) is 24.1 Å². The van der Waals surface area contributed by atoms with Gasteiger partial charge < -0.3 is 11.1 Å². The highest BCUT2D eigenvalue weighted by atomic mass is 16.2. The molecule has 17 heavy (non-hydrogen) atoms. The topological polar surface area (TPSA) is 58.4 Å². The molecule has 2 rings (SSSR count). The summed E-state index contributed by atoms with van der Waals surface area (Å²) in [5.74, 6) is 0.0889. The molecule has 3 N–H and O–H groups in total. The molecule has 1 atom stereocenters. The van der Waals surface area contributed by atoms with Crippen molar-refractivity contribution >= 4 is 17.3 Å². The third-order valence-corrected chi connectivity index (χ3v) is 3.36. The summed E-state index contributed by atoms with van der Waals surface area (Å²) in [5.41, 5.74) is 8.55. The van der Waals surface area contributed by atoms with Crippen LogP contribution in [0.1, 0.15) is 19.4 Å². The lowest BCUT2D eigenvalue weighted by molar-refractivity contribution is -0.121. The minimum atomic E-state index is -0.0701. The molecule has 0 spiro atoms. The Labute approximate surface area is 102 Å². The first kappa shape index (κ1) is 11.9. The van der Waals surface area contributed by atoms with Crippen LogP contribution in [0.15, 0.2) is 18.2 Å². The van der Waals surface area contributed by atoms with Gasteiger partial charge in [-0.3, -0.25) is 9.69 Å². The van der Waals surface area contributed by atoms with Crippen molar-refractivity contribution in [1.82, 2.24) is 4.90 Å². The molecule has 0 radical (unpaired) electrons. The zero-order valence-corrected chi connectivity index (χ0v) is 10.4. The zero-order valence-electron chi connectivity index (χ0n) is 10.4. The number of nitrogen functional groups attached to an aromatic ring is 1. The van der Waals surface area contributed by atoms with E-state index in [9.17, 15) is 4.79 Å². The number of nitrogens with two attached hydrogens (primary N) is 1. The first-order valence-corrected chi connectivity index (χ1v) is 6.09. The largest absolute Gasteiger partial charge is 0.399 e. The van der Waals surface area contributed by atoms with E-state index in [1.54, 1.807) is 0 Å². The number of anilines is 2. The lowest BCUT2D eigenvalue weighted by Crippen LogP contribution is -2.47. The summed E-state index contributed by atoms with van der Waals surface area (Å²) in [4.78, 5) is 14.2. The van der Waals surface area contributed by atoms with E-state index in [1.807, 2.05) is 18.2 Å². The highest BCUT2D eigenvalue weighted by molar-refractivity contribution is 5.98. The molecule has 4 nitrogen and oxygen atoms in total. The van der Waals surface area contributed by atoms with Crippen molar-refractivity contribution in [3.8, 4) is 0 Å². The lowest BCUT2D eigenvalue weighted by atomic mass is 9.97. The second-order valence-electron chi connectivity index (χ2n) is 4.35. The molecule has 0 bridgehead atoms. The van der Waals surface area contributed by atoms with Gasteiger partial charge in [0, 0.05) is 11.4 Å². The number of amides is 1. The minimum absolute atomic E-state index is 0.0701. The van der Waals surface area contributed by atoms with Gasteiger partial charge in [-0.05, 0) is 43.3 Å². The molecule has 0 saturated carbocycles. The highest BCUT2D eigenvalue weighted by Gasteiger charge is 2.29. The van der Waals surface area contributed by atoms with Gasteiger partial charge in [-0.25, -0.2) is 0 Å². The van der Waals surface area contributed by atoms with Crippen molar-refractivity contribution in [2.24, 2.45) is 0 Å². The molecular formula is C13H19N3O. The fourth-order valence-corrected chi connectivity index (χ4v) is 2.38. The second-order valence-corrected chi connectivity index (χ2v) is 4.35.